The predicted octanol–water partition coefficient (Wildman–Crippen LogP) is 2.44. The van der Waals surface area contributed by atoms with Gasteiger partial charge in [-0.2, -0.15) is 0 Å². The molecule has 3 fully saturated rings. The van der Waals surface area contributed by atoms with Crippen molar-refractivity contribution in [1.29, 1.82) is 0 Å². The number of nitrogens with two attached hydrogens (primary N) is 1. The second-order valence-corrected chi connectivity index (χ2v) is 7.27. The highest BCUT2D eigenvalue weighted by Crippen LogP contribution is 2.44. The van der Waals surface area contributed by atoms with Crippen LogP contribution in [0.15, 0.2) is 0 Å². The molecule has 0 aromatic heterocycles. The van der Waals surface area contributed by atoms with Crippen LogP contribution in [0.5, 0.6) is 0 Å². The van der Waals surface area contributed by atoms with Gasteiger partial charge in [-0.15, -0.1) is 0 Å². The first-order chi connectivity index (χ1) is 9.13. The van der Waals surface area contributed by atoms with Gasteiger partial charge in [0.2, 0.25) is 5.91 Å². The van der Waals surface area contributed by atoms with E-state index < -0.39 is 0 Å². The standard InChI is InChI=1S/C16H28N2O/c1-10(12-3-2-4-14(17)9-12)16(19)18-15-8-11-5-6-13(15)7-11/h10-15H,2-9,17H2,1H3,(H,18,19). The number of hydrogen-bond donors (Lipinski definition) is 2. The monoisotopic (exact) mass is 264 g/mol. The number of carbonyl (C=O) groups excluding carboxylic acids is 1. The molecule has 0 heterocycles. The van der Waals surface area contributed by atoms with Crippen molar-refractivity contribution >= 4 is 5.91 Å². The van der Waals surface area contributed by atoms with Crippen LogP contribution >= 0.6 is 0 Å². The van der Waals surface area contributed by atoms with Crippen LogP contribution in [0.3, 0.4) is 0 Å². The SMILES string of the molecule is CC(C(=O)NC1CC2CCC1C2)C1CCCC(N)C1. The van der Waals surface area contributed by atoms with Crippen molar-refractivity contribution < 1.29 is 4.79 Å². The van der Waals surface area contributed by atoms with Crippen LogP contribution in [-0.4, -0.2) is 18.0 Å². The highest BCUT2D eigenvalue weighted by atomic mass is 16.1. The van der Waals surface area contributed by atoms with Crippen molar-refractivity contribution in [3.05, 3.63) is 0 Å². The quantitative estimate of drug-likeness (QED) is 0.822. The molecule has 0 spiro atoms. The Morgan fingerprint density at radius 2 is 2.00 bits per heavy atom. The van der Waals surface area contributed by atoms with Gasteiger partial charge in [-0.25, -0.2) is 0 Å². The van der Waals surface area contributed by atoms with Crippen molar-refractivity contribution in [1.82, 2.24) is 5.32 Å². The number of amides is 1. The van der Waals surface area contributed by atoms with Gasteiger partial charge in [0.25, 0.3) is 0 Å². The Bertz CT molecular complexity index is 344. The second kappa shape index (κ2) is 5.43. The summed E-state index contributed by atoms with van der Waals surface area (Å²) < 4.78 is 0. The van der Waals surface area contributed by atoms with Crippen LogP contribution in [0.4, 0.5) is 0 Å². The minimum Gasteiger partial charge on any atom is -0.353 e. The Morgan fingerprint density at radius 3 is 2.63 bits per heavy atom. The van der Waals surface area contributed by atoms with E-state index in [-0.39, 0.29) is 11.8 Å². The molecule has 1 amide bonds. The lowest BCUT2D eigenvalue weighted by atomic mass is 9.78. The maximum atomic E-state index is 12.4. The molecule has 3 saturated carbocycles. The summed E-state index contributed by atoms with van der Waals surface area (Å²) in [5.41, 5.74) is 6.04. The highest BCUT2D eigenvalue weighted by Gasteiger charge is 2.41. The molecule has 0 aromatic rings. The number of hydrogen-bond acceptors (Lipinski definition) is 2. The Hall–Kier alpha value is -0.570. The summed E-state index contributed by atoms with van der Waals surface area (Å²) in [6.45, 7) is 2.10. The maximum absolute atomic E-state index is 12.4. The van der Waals surface area contributed by atoms with Crippen LogP contribution in [0.2, 0.25) is 0 Å². The largest absolute Gasteiger partial charge is 0.353 e. The van der Waals surface area contributed by atoms with Crippen LogP contribution in [-0.2, 0) is 4.79 Å². The average molecular weight is 264 g/mol. The van der Waals surface area contributed by atoms with Gasteiger partial charge in [-0.05, 0) is 56.3 Å². The van der Waals surface area contributed by atoms with Gasteiger partial charge >= 0.3 is 0 Å². The molecule has 3 aliphatic carbocycles. The van der Waals surface area contributed by atoms with Crippen molar-refractivity contribution in [2.45, 2.75) is 70.4 Å². The third-order valence-corrected chi connectivity index (χ3v) is 5.94. The minimum absolute atomic E-state index is 0.144. The fourth-order valence-corrected chi connectivity index (χ4v) is 4.67. The average Bonchev–Trinajstić information content (AvgIpc) is 3.00. The smallest absolute Gasteiger partial charge is 0.223 e. The summed E-state index contributed by atoms with van der Waals surface area (Å²) in [5.74, 6) is 2.60. The molecule has 3 aliphatic rings. The van der Waals surface area contributed by atoms with Gasteiger partial charge in [0, 0.05) is 18.0 Å². The van der Waals surface area contributed by atoms with Crippen molar-refractivity contribution in [3.8, 4) is 0 Å². The Kier molecular flexibility index (Phi) is 3.84. The molecule has 0 saturated heterocycles. The lowest BCUT2D eigenvalue weighted by Crippen LogP contribution is -2.44. The molecule has 3 heteroatoms. The zero-order chi connectivity index (χ0) is 13.4. The fourth-order valence-electron chi connectivity index (χ4n) is 4.67. The normalized spacial score (nSPS) is 43.2. The third-order valence-electron chi connectivity index (χ3n) is 5.94. The Labute approximate surface area is 116 Å². The lowest BCUT2D eigenvalue weighted by Gasteiger charge is -2.32. The van der Waals surface area contributed by atoms with Gasteiger partial charge < -0.3 is 11.1 Å². The van der Waals surface area contributed by atoms with Crippen molar-refractivity contribution in [2.75, 3.05) is 0 Å². The molecule has 3 N–H and O–H groups in total. The first kappa shape index (κ1) is 13.4. The topological polar surface area (TPSA) is 55.1 Å². The molecular formula is C16H28N2O. The summed E-state index contributed by atoms with van der Waals surface area (Å²) in [6.07, 6.45) is 9.85. The van der Waals surface area contributed by atoms with Crippen LogP contribution in [0, 0.1) is 23.7 Å². The second-order valence-electron chi connectivity index (χ2n) is 7.27. The van der Waals surface area contributed by atoms with Crippen LogP contribution in [0.1, 0.15) is 58.3 Å². The molecule has 3 nitrogen and oxygen atoms in total. The summed E-state index contributed by atoms with van der Waals surface area (Å²) in [7, 11) is 0. The summed E-state index contributed by atoms with van der Waals surface area (Å²) in [6, 6.07) is 0.794. The Balaban J connectivity index is 1.52. The van der Waals surface area contributed by atoms with Gasteiger partial charge in [-0.3, -0.25) is 4.79 Å². The maximum Gasteiger partial charge on any atom is 0.223 e. The first-order valence-electron chi connectivity index (χ1n) is 8.19. The Morgan fingerprint density at radius 1 is 1.16 bits per heavy atom. The summed E-state index contributed by atoms with van der Waals surface area (Å²) in [4.78, 5) is 12.4. The third kappa shape index (κ3) is 2.81. The number of fused-ring (bicyclic) bond motifs is 2. The molecule has 0 aromatic carbocycles. The van der Waals surface area contributed by atoms with E-state index >= 15 is 0 Å². The molecule has 108 valence electrons. The number of nitrogens with one attached hydrogen (secondary N) is 1. The minimum atomic E-state index is 0.144. The molecular weight excluding hydrogens is 236 g/mol. The molecule has 0 radical (unpaired) electrons. The number of rotatable bonds is 3. The fraction of sp³-hybridized carbons (Fsp3) is 0.938. The lowest BCUT2D eigenvalue weighted by molar-refractivity contribution is -0.127. The molecule has 6 atom stereocenters. The van der Waals surface area contributed by atoms with E-state index in [1.807, 2.05) is 0 Å². The molecule has 19 heavy (non-hydrogen) atoms. The van der Waals surface area contributed by atoms with E-state index in [2.05, 4.69) is 12.2 Å². The van der Waals surface area contributed by atoms with Crippen LogP contribution < -0.4 is 11.1 Å². The zero-order valence-corrected chi connectivity index (χ0v) is 12.1. The van der Waals surface area contributed by atoms with E-state index in [9.17, 15) is 4.79 Å². The van der Waals surface area contributed by atoms with E-state index in [0.29, 0.717) is 18.0 Å². The van der Waals surface area contributed by atoms with Crippen molar-refractivity contribution in [2.24, 2.45) is 29.4 Å². The summed E-state index contributed by atoms with van der Waals surface area (Å²) >= 11 is 0. The number of carbonyl (C=O) groups is 1. The molecule has 0 aliphatic heterocycles. The highest BCUT2D eigenvalue weighted by molar-refractivity contribution is 5.79. The van der Waals surface area contributed by atoms with Crippen LogP contribution in [0.25, 0.3) is 0 Å². The van der Waals surface area contributed by atoms with E-state index in [4.69, 9.17) is 5.73 Å². The summed E-state index contributed by atoms with van der Waals surface area (Å²) in [5, 5.41) is 3.34. The molecule has 2 bridgehead atoms. The van der Waals surface area contributed by atoms with Gasteiger partial charge in [0.1, 0.15) is 0 Å². The van der Waals surface area contributed by atoms with Gasteiger partial charge in [0.15, 0.2) is 0 Å². The van der Waals surface area contributed by atoms with E-state index in [1.54, 1.807) is 0 Å². The van der Waals surface area contributed by atoms with E-state index in [0.717, 1.165) is 24.7 Å². The first-order valence-corrected chi connectivity index (χ1v) is 8.19. The predicted molar refractivity (Wildman–Crippen MR) is 76.5 cm³/mol. The van der Waals surface area contributed by atoms with E-state index in [1.165, 1.54) is 38.5 Å². The van der Waals surface area contributed by atoms with Crippen molar-refractivity contribution in [3.63, 3.8) is 0 Å². The molecule has 3 rings (SSSR count). The molecule has 6 unspecified atom stereocenters. The van der Waals surface area contributed by atoms with Gasteiger partial charge in [0.05, 0.1) is 0 Å². The zero-order valence-electron chi connectivity index (χ0n) is 12.1. The van der Waals surface area contributed by atoms with Gasteiger partial charge in [-0.1, -0.05) is 19.8 Å².